The molecule has 0 amide bonds. The van der Waals surface area contributed by atoms with Crippen molar-refractivity contribution in [3.63, 3.8) is 0 Å². The van der Waals surface area contributed by atoms with Crippen LogP contribution in [0.2, 0.25) is 0 Å². The number of aliphatic hydroxyl groups excluding tert-OH is 1. The lowest BCUT2D eigenvalue weighted by atomic mass is 10.2. The molecule has 0 fully saturated rings. The maximum absolute atomic E-state index is 8.73. The van der Waals surface area contributed by atoms with Crippen LogP contribution in [-0.4, -0.2) is 15.8 Å². The number of aromatic nitrogens is 1. The van der Waals surface area contributed by atoms with Gasteiger partial charge < -0.3 is 5.11 Å². The number of hydrogen-bond donors (Lipinski definition) is 2. The van der Waals surface area contributed by atoms with Gasteiger partial charge in [0.25, 0.3) is 0 Å². The van der Waals surface area contributed by atoms with E-state index in [0.29, 0.717) is 5.69 Å². The van der Waals surface area contributed by atoms with Crippen LogP contribution in [0.15, 0.2) is 18.3 Å². The van der Waals surface area contributed by atoms with Gasteiger partial charge >= 0.3 is 0 Å². The third kappa shape index (κ3) is 3.49. The summed E-state index contributed by atoms with van der Waals surface area (Å²) < 4.78 is 0. The molecule has 0 bridgehead atoms. The van der Waals surface area contributed by atoms with Gasteiger partial charge in [0.2, 0.25) is 0 Å². The van der Waals surface area contributed by atoms with Gasteiger partial charge in [-0.05, 0) is 12.1 Å². The van der Waals surface area contributed by atoms with Gasteiger partial charge in [0.1, 0.15) is 0 Å². The summed E-state index contributed by atoms with van der Waals surface area (Å²) in [5.74, 6) is 6.69. The van der Waals surface area contributed by atoms with Crippen LogP contribution in [-0.2, 0) is 6.61 Å². The third-order valence-corrected chi connectivity index (χ3v) is 1.68. The highest BCUT2D eigenvalue weighted by molar-refractivity contribution is 7.80. The zero-order chi connectivity index (χ0) is 9.52. The second-order valence-electron chi connectivity index (χ2n) is 2.47. The second-order valence-corrected chi connectivity index (χ2v) is 2.92. The minimum absolute atomic E-state index is 0.0235. The van der Waals surface area contributed by atoms with Crippen LogP contribution in [0, 0.1) is 11.8 Å². The highest BCUT2D eigenvalue weighted by Crippen LogP contribution is 1.98. The normalized spacial score (nSPS) is 9.08. The Bertz CT molecular complexity index is 310. The third-order valence-electron chi connectivity index (χ3n) is 1.46. The van der Waals surface area contributed by atoms with E-state index in [4.69, 9.17) is 5.11 Å². The highest BCUT2D eigenvalue weighted by atomic mass is 32.1. The van der Waals surface area contributed by atoms with Crippen molar-refractivity contribution in [2.24, 2.45) is 0 Å². The van der Waals surface area contributed by atoms with E-state index in [-0.39, 0.29) is 6.61 Å². The molecule has 0 saturated carbocycles. The van der Waals surface area contributed by atoms with Gasteiger partial charge in [0, 0.05) is 23.9 Å². The minimum Gasteiger partial charge on any atom is -0.390 e. The number of hydrogen-bond acceptors (Lipinski definition) is 3. The fourth-order valence-electron chi connectivity index (χ4n) is 0.812. The Labute approximate surface area is 83.4 Å². The van der Waals surface area contributed by atoms with Crippen LogP contribution >= 0.6 is 12.6 Å². The second kappa shape index (κ2) is 5.63. The van der Waals surface area contributed by atoms with Crippen LogP contribution in [0.3, 0.4) is 0 Å². The smallest absolute Gasteiger partial charge is 0.0852 e. The SMILES string of the molecule is OCc1ccc(C#CCCS)cn1. The summed E-state index contributed by atoms with van der Waals surface area (Å²) in [6.45, 7) is -0.0235. The quantitative estimate of drug-likeness (QED) is 0.547. The molecule has 1 N–H and O–H groups in total. The first-order chi connectivity index (χ1) is 6.36. The number of nitrogens with zero attached hydrogens (tertiary/aromatic N) is 1. The highest BCUT2D eigenvalue weighted by Gasteiger charge is 1.90. The van der Waals surface area contributed by atoms with Gasteiger partial charge in [0.05, 0.1) is 12.3 Å². The Kier molecular flexibility index (Phi) is 4.37. The molecular weight excluding hydrogens is 182 g/mol. The van der Waals surface area contributed by atoms with Crippen molar-refractivity contribution in [2.75, 3.05) is 5.75 Å². The zero-order valence-electron chi connectivity index (χ0n) is 7.20. The largest absolute Gasteiger partial charge is 0.390 e. The average molecular weight is 193 g/mol. The minimum atomic E-state index is -0.0235. The fourth-order valence-corrected chi connectivity index (χ4v) is 0.924. The van der Waals surface area contributed by atoms with Gasteiger partial charge in [0.15, 0.2) is 0 Å². The molecule has 1 aromatic rings. The molecular formula is C10H11NOS. The lowest BCUT2D eigenvalue weighted by molar-refractivity contribution is 0.277. The molecule has 1 heterocycles. The van der Waals surface area contributed by atoms with Gasteiger partial charge in [-0.1, -0.05) is 11.8 Å². The summed E-state index contributed by atoms with van der Waals surface area (Å²) in [5.41, 5.74) is 1.54. The van der Waals surface area contributed by atoms with Crippen molar-refractivity contribution in [1.82, 2.24) is 4.98 Å². The number of aliphatic hydroxyl groups is 1. The van der Waals surface area contributed by atoms with Crippen LogP contribution in [0.1, 0.15) is 17.7 Å². The van der Waals surface area contributed by atoms with E-state index < -0.39 is 0 Å². The van der Waals surface area contributed by atoms with Crippen molar-refractivity contribution in [3.05, 3.63) is 29.6 Å². The van der Waals surface area contributed by atoms with Crippen molar-refractivity contribution >= 4 is 12.6 Å². The van der Waals surface area contributed by atoms with E-state index in [1.54, 1.807) is 12.3 Å². The van der Waals surface area contributed by atoms with E-state index in [0.717, 1.165) is 17.7 Å². The van der Waals surface area contributed by atoms with Crippen LogP contribution in [0.25, 0.3) is 0 Å². The molecule has 0 radical (unpaired) electrons. The molecule has 68 valence electrons. The summed E-state index contributed by atoms with van der Waals surface area (Å²) in [4.78, 5) is 4.00. The molecule has 2 nitrogen and oxygen atoms in total. The summed E-state index contributed by atoms with van der Waals surface area (Å²) in [5, 5.41) is 8.73. The standard InChI is InChI=1S/C10H11NOS/c12-8-10-5-4-9(7-11-10)3-1-2-6-13/h4-5,7,12-13H,2,6,8H2. The molecule has 0 aromatic carbocycles. The Morgan fingerprint density at radius 1 is 1.46 bits per heavy atom. The van der Waals surface area contributed by atoms with Gasteiger partial charge in [-0.25, -0.2) is 0 Å². The van der Waals surface area contributed by atoms with Crippen molar-refractivity contribution in [3.8, 4) is 11.8 Å². The van der Waals surface area contributed by atoms with Crippen LogP contribution in [0.5, 0.6) is 0 Å². The number of rotatable bonds is 2. The Balaban J connectivity index is 2.65. The van der Waals surface area contributed by atoms with Crippen molar-refractivity contribution in [2.45, 2.75) is 13.0 Å². The topological polar surface area (TPSA) is 33.1 Å². The summed E-state index contributed by atoms with van der Waals surface area (Å²) in [6, 6.07) is 3.62. The maximum atomic E-state index is 8.73. The lowest BCUT2D eigenvalue weighted by Gasteiger charge is -1.93. The fraction of sp³-hybridized carbons (Fsp3) is 0.300. The van der Waals surface area contributed by atoms with Crippen molar-refractivity contribution < 1.29 is 5.11 Å². The van der Waals surface area contributed by atoms with Crippen molar-refractivity contribution in [1.29, 1.82) is 0 Å². The van der Waals surface area contributed by atoms with Gasteiger partial charge in [-0.3, -0.25) is 4.98 Å². The first-order valence-electron chi connectivity index (χ1n) is 4.02. The molecule has 0 aliphatic heterocycles. The van der Waals surface area contributed by atoms with Crippen LogP contribution < -0.4 is 0 Å². The molecule has 1 aromatic heterocycles. The Morgan fingerprint density at radius 2 is 2.31 bits per heavy atom. The summed E-state index contributed by atoms with van der Waals surface area (Å²) >= 11 is 4.05. The molecule has 0 aliphatic carbocycles. The Morgan fingerprint density at radius 3 is 2.85 bits per heavy atom. The zero-order valence-corrected chi connectivity index (χ0v) is 8.09. The van der Waals surface area contributed by atoms with E-state index in [1.807, 2.05) is 6.07 Å². The lowest BCUT2D eigenvalue weighted by Crippen LogP contribution is -1.88. The van der Waals surface area contributed by atoms with E-state index >= 15 is 0 Å². The summed E-state index contributed by atoms with van der Waals surface area (Å²) in [6.07, 6.45) is 2.45. The molecule has 0 spiro atoms. The van der Waals surface area contributed by atoms with E-state index in [9.17, 15) is 0 Å². The molecule has 0 aliphatic rings. The first kappa shape index (κ1) is 10.1. The molecule has 3 heteroatoms. The maximum Gasteiger partial charge on any atom is 0.0852 e. The number of pyridine rings is 1. The van der Waals surface area contributed by atoms with E-state index in [2.05, 4.69) is 29.5 Å². The molecule has 0 saturated heterocycles. The molecule has 13 heavy (non-hydrogen) atoms. The summed E-state index contributed by atoms with van der Waals surface area (Å²) in [7, 11) is 0. The molecule has 1 rings (SSSR count). The van der Waals surface area contributed by atoms with E-state index in [1.165, 1.54) is 0 Å². The first-order valence-corrected chi connectivity index (χ1v) is 4.65. The van der Waals surface area contributed by atoms with Crippen LogP contribution in [0.4, 0.5) is 0 Å². The molecule has 0 unspecified atom stereocenters. The Hall–Kier alpha value is -0.980. The van der Waals surface area contributed by atoms with Gasteiger partial charge in [-0.15, -0.1) is 0 Å². The van der Waals surface area contributed by atoms with Gasteiger partial charge in [-0.2, -0.15) is 12.6 Å². The average Bonchev–Trinajstić information content (AvgIpc) is 2.19. The predicted molar refractivity (Wildman–Crippen MR) is 55.5 cm³/mol. The number of thiol groups is 1. The molecule has 0 atom stereocenters. The monoisotopic (exact) mass is 193 g/mol. The predicted octanol–water partition coefficient (Wildman–Crippen LogP) is 1.25.